The number of hydrogen-bond donors (Lipinski definition) is 1. The number of carbonyl (C=O) groups excluding carboxylic acids is 1. The smallest absolute Gasteiger partial charge is 0.251 e. The van der Waals surface area contributed by atoms with E-state index in [1.165, 1.54) is 10.6 Å². The highest BCUT2D eigenvalue weighted by molar-refractivity contribution is 7.88. The Morgan fingerprint density at radius 2 is 1.92 bits per heavy atom. The van der Waals surface area contributed by atoms with E-state index in [0.717, 1.165) is 5.56 Å². The van der Waals surface area contributed by atoms with Gasteiger partial charge in [-0.05, 0) is 29.8 Å². The molecule has 1 aromatic heterocycles. The van der Waals surface area contributed by atoms with E-state index < -0.39 is 10.0 Å². The second-order valence-electron chi connectivity index (χ2n) is 6.40. The molecule has 0 bridgehead atoms. The van der Waals surface area contributed by atoms with Crippen molar-refractivity contribution >= 4 is 15.9 Å². The number of hydrogen-bond acceptors (Lipinski definition) is 5. The fraction of sp³-hybridized carbons (Fsp3) is 0.389. The van der Waals surface area contributed by atoms with Crippen LogP contribution in [0.2, 0.25) is 0 Å². The lowest BCUT2D eigenvalue weighted by Crippen LogP contribution is -2.47. The summed E-state index contributed by atoms with van der Waals surface area (Å²) in [5.41, 5.74) is 1.63. The third kappa shape index (κ3) is 4.94. The minimum Gasteiger partial charge on any atom is -0.467 e. The molecule has 1 aromatic carbocycles. The summed E-state index contributed by atoms with van der Waals surface area (Å²) in [6.45, 7) is 3.41. The van der Waals surface area contributed by atoms with Crippen molar-refractivity contribution < 1.29 is 17.6 Å². The molecule has 0 aliphatic carbocycles. The largest absolute Gasteiger partial charge is 0.467 e. The van der Waals surface area contributed by atoms with E-state index in [0.29, 0.717) is 50.6 Å². The van der Waals surface area contributed by atoms with Crippen LogP contribution in [0.25, 0.3) is 0 Å². The van der Waals surface area contributed by atoms with Crippen molar-refractivity contribution in [1.82, 2.24) is 14.5 Å². The number of amides is 1. The molecule has 1 aliphatic heterocycles. The molecule has 2 aromatic rings. The zero-order valence-corrected chi connectivity index (χ0v) is 15.5. The summed E-state index contributed by atoms with van der Waals surface area (Å²) >= 11 is 0. The predicted molar refractivity (Wildman–Crippen MR) is 98.0 cm³/mol. The van der Waals surface area contributed by atoms with Gasteiger partial charge in [0.2, 0.25) is 10.0 Å². The second-order valence-corrected chi connectivity index (χ2v) is 8.38. The van der Waals surface area contributed by atoms with Gasteiger partial charge in [0.15, 0.2) is 0 Å². The lowest BCUT2D eigenvalue weighted by molar-refractivity contribution is 0.0947. The molecule has 1 saturated heterocycles. The van der Waals surface area contributed by atoms with Crippen LogP contribution < -0.4 is 5.32 Å². The molecule has 3 rings (SSSR count). The van der Waals surface area contributed by atoms with Crippen molar-refractivity contribution in [2.45, 2.75) is 13.1 Å². The summed E-state index contributed by atoms with van der Waals surface area (Å²) in [4.78, 5) is 14.5. The van der Waals surface area contributed by atoms with Gasteiger partial charge in [0.05, 0.1) is 19.1 Å². The standard InChI is InChI=1S/C18H23N3O4S/c1-26(23,24)21-9-7-20(8-10-21)14-15-4-2-5-16(12-15)18(22)19-13-17-6-3-11-25-17/h2-6,11-12H,7-10,13-14H2,1H3,(H,19,22). The average Bonchev–Trinajstić information content (AvgIpc) is 3.13. The molecule has 7 nitrogen and oxygen atoms in total. The molecule has 0 unspecified atom stereocenters. The first kappa shape index (κ1) is 18.6. The average molecular weight is 377 g/mol. The summed E-state index contributed by atoms with van der Waals surface area (Å²) in [7, 11) is -3.12. The molecule has 140 valence electrons. The van der Waals surface area contributed by atoms with E-state index >= 15 is 0 Å². The van der Waals surface area contributed by atoms with E-state index in [-0.39, 0.29) is 5.91 Å². The van der Waals surface area contributed by atoms with Crippen molar-refractivity contribution in [2.24, 2.45) is 0 Å². The van der Waals surface area contributed by atoms with Crippen molar-refractivity contribution in [3.05, 3.63) is 59.5 Å². The zero-order chi connectivity index (χ0) is 18.6. The van der Waals surface area contributed by atoms with Crippen molar-refractivity contribution in [2.75, 3.05) is 32.4 Å². The fourth-order valence-electron chi connectivity index (χ4n) is 2.97. The maximum Gasteiger partial charge on any atom is 0.251 e. The SMILES string of the molecule is CS(=O)(=O)N1CCN(Cc2cccc(C(=O)NCc3ccco3)c2)CC1. The van der Waals surface area contributed by atoms with Crippen molar-refractivity contribution in [3.8, 4) is 0 Å². The molecule has 0 atom stereocenters. The summed E-state index contributed by atoms with van der Waals surface area (Å²) in [6.07, 6.45) is 2.82. The normalized spacial score (nSPS) is 16.5. The van der Waals surface area contributed by atoms with E-state index in [9.17, 15) is 13.2 Å². The number of nitrogens with zero attached hydrogens (tertiary/aromatic N) is 2. The Kier molecular flexibility index (Phi) is 5.75. The summed E-state index contributed by atoms with van der Waals surface area (Å²) in [5, 5.41) is 2.83. The highest BCUT2D eigenvalue weighted by atomic mass is 32.2. The number of rotatable bonds is 6. The topological polar surface area (TPSA) is 82.9 Å². The Bertz CT molecular complexity index is 841. The molecule has 1 fully saturated rings. The van der Waals surface area contributed by atoms with Crippen LogP contribution in [0, 0.1) is 0 Å². The van der Waals surface area contributed by atoms with Crippen LogP contribution in [0.1, 0.15) is 21.7 Å². The lowest BCUT2D eigenvalue weighted by Gasteiger charge is -2.33. The van der Waals surface area contributed by atoms with Crippen LogP contribution in [0.5, 0.6) is 0 Å². The van der Waals surface area contributed by atoms with Gasteiger partial charge in [0, 0.05) is 38.3 Å². The number of carbonyl (C=O) groups is 1. The number of sulfonamides is 1. The summed E-state index contributed by atoms with van der Waals surface area (Å²) < 4.78 is 29.9. The van der Waals surface area contributed by atoms with Crippen LogP contribution in [0.15, 0.2) is 47.1 Å². The maximum absolute atomic E-state index is 12.3. The van der Waals surface area contributed by atoms with E-state index in [1.54, 1.807) is 18.4 Å². The Balaban J connectivity index is 1.55. The Morgan fingerprint density at radius 1 is 1.15 bits per heavy atom. The van der Waals surface area contributed by atoms with E-state index in [4.69, 9.17) is 4.42 Å². The van der Waals surface area contributed by atoms with Gasteiger partial charge in [-0.15, -0.1) is 0 Å². The van der Waals surface area contributed by atoms with Gasteiger partial charge in [0.1, 0.15) is 5.76 Å². The van der Waals surface area contributed by atoms with E-state index in [2.05, 4.69) is 10.2 Å². The molecular weight excluding hydrogens is 354 g/mol. The molecule has 0 spiro atoms. The minimum absolute atomic E-state index is 0.148. The van der Waals surface area contributed by atoms with Gasteiger partial charge >= 0.3 is 0 Å². The monoisotopic (exact) mass is 377 g/mol. The number of piperazine rings is 1. The molecule has 0 radical (unpaired) electrons. The highest BCUT2D eigenvalue weighted by Gasteiger charge is 2.23. The van der Waals surface area contributed by atoms with Gasteiger partial charge in [-0.2, -0.15) is 4.31 Å². The number of furan rings is 1. The van der Waals surface area contributed by atoms with Crippen LogP contribution >= 0.6 is 0 Å². The van der Waals surface area contributed by atoms with Gasteiger partial charge < -0.3 is 9.73 Å². The predicted octanol–water partition coefficient (Wildman–Crippen LogP) is 1.29. The van der Waals surface area contributed by atoms with E-state index in [1.807, 2.05) is 24.3 Å². The number of benzene rings is 1. The zero-order valence-electron chi connectivity index (χ0n) is 14.7. The van der Waals surface area contributed by atoms with Crippen LogP contribution in [0.3, 0.4) is 0 Å². The summed E-state index contributed by atoms with van der Waals surface area (Å²) in [6, 6.07) is 11.1. The molecule has 8 heteroatoms. The minimum atomic E-state index is -3.12. The first-order chi connectivity index (χ1) is 12.4. The van der Waals surface area contributed by atoms with Crippen LogP contribution in [0.4, 0.5) is 0 Å². The van der Waals surface area contributed by atoms with Crippen molar-refractivity contribution in [3.63, 3.8) is 0 Å². The second kappa shape index (κ2) is 8.03. The van der Waals surface area contributed by atoms with Crippen LogP contribution in [-0.2, 0) is 23.1 Å². The number of nitrogens with one attached hydrogen (secondary N) is 1. The molecule has 2 heterocycles. The quantitative estimate of drug-likeness (QED) is 0.820. The first-order valence-corrected chi connectivity index (χ1v) is 10.3. The first-order valence-electron chi connectivity index (χ1n) is 8.49. The van der Waals surface area contributed by atoms with Crippen molar-refractivity contribution in [1.29, 1.82) is 0 Å². The third-order valence-electron chi connectivity index (χ3n) is 4.40. The third-order valence-corrected chi connectivity index (χ3v) is 5.70. The molecule has 1 aliphatic rings. The van der Waals surface area contributed by atoms with Gasteiger partial charge in [-0.25, -0.2) is 8.42 Å². The molecule has 26 heavy (non-hydrogen) atoms. The molecule has 1 N–H and O–H groups in total. The lowest BCUT2D eigenvalue weighted by atomic mass is 10.1. The van der Waals surface area contributed by atoms with Crippen LogP contribution in [-0.4, -0.2) is 56.0 Å². The summed E-state index contributed by atoms with van der Waals surface area (Å²) in [5.74, 6) is 0.559. The highest BCUT2D eigenvalue weighted by Crippen LogP contribution is 2.12. The Hall–Kier alpha value is -2.16. The molecule has 0 saturated carbocycles. The van der Waals surface area contributed by atoms with Gasteiger partial charge in [-0.3, -0.25) is 9.69 Å². The van der Waals surface area contributed by atoms with Gasteiger partial charge in [0.25, 0.3) is 5.91 Å². The Morgan fingerprint density at radius 3 is 2.58 bits per heavy atom. The molecule has 1 amide bonds. The Labute approximate surface area is 153 Å². The molecular formula is C18H23N3O4S. The maximum atomic E-state index is 12.3. The van der Waals surface area contributed by atoms with Gasteiger partial charge in [-0.1, -0.05) is 12.1 Å². The fourth-order valence-corrected chi connectivity index (χ4v) is 3.80.